The lowest BCUT2D eigenvalue weighted by Crippen LogP contribution is -2.28. The van der Waals surface area contributed by atoms with Crippen LogP contribution < -0.4 is 4.74 Å². The Kier molecular flexibility index (Phi) is 7.95. The molecule has 1 aliphatic rings. The monoisotopic (exact) mass is 516 g/mol. The van der Waals surface area contributed by atoms with Crippen LogP contribution >= 0.6 is 0 Å². The predicted octanol–water partition coefficient (Wildman–Crippen LogP) is 7.95. The molecule has 1 aliphatic heterocycles. The third-order valence-electron chi connectivity index (χ3n) is 5.47. The highest BCUT2D eigenvalue weighted by molar-refractivity contribution is 5.33. The van der Waals surface area contributed by atoms with Crippen LogP contribution in [0.2, 0.25) is 0 Å². The van der Waals surface area contributed by atoms with Crippen molar-refractivity contribution in [2.45, 2.75) is 57.3 Å². The van der Waals surface area contributed by atoms with Crippen molar-refractivity contribution in [3.05, 3.63) is 64.7 Å². The first kappa shape index (κ1) is 27.1. The molecule has 3 rings (SSSR count). The van der Waals surface area contributed by atoms with Gasteiger partial charge in [-0.15, -0.1) is 13.2 Å². The number of benzene rings is 2. The molecule has 0 amide bonds. The minimum atomic E-state index is -5.66. The lowest BCUT2D eigenvalue weighted by Gasteiger charge is -2.29. The van der Waals surface area contributed by atoms with Gasteiger partial charge in [0.1, 0.15) is 22.9 Å². The van der Waals surface area contributed by atoms with E-state index in [9.17, 15) is 39.5 Å². The molecule has 2 aromatic carbocycles. The first-order valence-electron chi connectivity index (χ1n) is 10.6. The molecule has 0 aromatic heterocycles. The fourth-order valence-electron chi connectivity index (χ4n) is 3.88. The van der Waals surface area contributed by atoms with Crippen molar-refractivity contribution in [2.24, 2.45) is 5.92 Å². The number of hydrogen-bond donors (Lipinski definition) is 0. The smallest absolute Gasteiger partial charge is 0.429 e. The van der Waals surface area contributed by atoms with Crippen LogP contribution in [-0.2, 0) is 21.7 Å². The summed E-state index contributed by atoms with van der Waals surface area (Å²) in [4.78, 5) is 0. The lowest BCUT2D eigenvalue weighted by atomic mass is 9.91. The topological polar surface area (TPSA) is 27.7 Å². The highest BCUT2D eigenvalue weighted by Crippen LogP contribution is 2.40. The molecule has 0 spiro atoms. The van der Waals surface area contributed by atoms with Gasteiger partial charge in [-0.2, -0.15) is 17.6 Å². The van der Waals surface area contributed by atoms with Crippen LogP contribution in [0.3, 0.4) is 0 Å². The first-order valence-corrected chi connectivity index (χ1v) is 10.6. The fourth-order valence-corrected chi connectivity index (χ4v) is 3.88. The predicted molar refractivity (Wildman–Crippen MR) is 105 cm³/mol. The van der Waals surface area contributed by atoms with E-state index in [-0.39, 0.29) is 5.56 Å². The third-order valence-corrected chi connectivity index (χ3v) is 5.47. The van der Waals surface area contributed by atoms with Crippen LogP contribution in [0.4, 0.5) is 39.5 Å². The Morgan fingerprint density at radius 1 is 0.886 bits per heavy atom. The molecule has 194 valence electrons. The molecule has 2 unspecified atom stereocenters. The highest BCUT2D eigenvalue weighted by Gasteiger charge is 2.46. The molecule has 2 aromatic rings. The molecule has 1 fully saturated rings. The summed E-state index contributed by atoms with van der Waals surface area (Å²) in [6, 6.07) is 3.11. The van der Waals surface area contributed by atoms with E-state index in [1.807, 2.05) is 6.92 Å². The summed E-state index contributed by atoms with van der Waals surface area (Å²) in [6.45, 7) is 2.40. The van der Waals surface area contributed by atoms with Crippen molar-refractivity contribution in [1.29, 1.82) is 0 Å². The summed E-state index contributed by atoms with van der Waals surface area (Å²) >= 11 is 0. The average Bonchev–Trinajstić information content (AvgIpc) is 2.72. The standard InChI is InChI=1S/C23H21F9O3/c1-2-3-13-4-9-19(33-12-13)14-10-17(24)20(18(25)11-14)22(28,29)34-16-7-5-15(6-8-16)21(26,27)35-23(30,31)32/h5-8,10-11,13,19H,2-4,9,12H2,1H3. The van der Waals surface area contributed by atoms with Gasteiger partial charge in [0.25, 0.3) is 0 Å². The summed E-state index contributed by atoms with van der Waals surface area (Å²) < 4.78 is 134. The lowest BCUT2D eigenvalue weighted by molar-refractivity contribution is -0.431. The number of ether oxygens (including phenoxy) is 3. The van der Waals surface area contributed by atoms with Crippen molar-refractivity contribution in [3.63, 3.8) is 0 Å². The Hall–Kier alpha value is -2.47. The first-order chi connectivity index (χ1) is 16.2. The van der Waals surface area contributed by atoms with E-state index in [1.165, 1.54) is 0 Å². The molecule has 35 heavy (non-hydrogen) atoms. The van der Waals surface area contributed by atoms with Crippen molar-refractivity contribution in [3.8, 4) is 5.75 Å². The molecule has 0 aliphatic carbocycles. The Labute approximate surface area is 194 Å². The van der Waals surface area contributed by atoms with Gasteiger partial charge in [-0.25, -0.2) is 13.5 Å². The van der Waals surface area contributed by atoms with Gasteiger partial charge in [-0.05, 0) is 67.1 Å². The van der Waals surface area contributed by atoms with E-state index in [4.69, 9.17) is 4.74 Å². The van der Waals surface area contributed by atoms with Crippen LogP contribution in [0.5, 0.6) is 5.75 Å². The average molecular weight is 516 g/mol. The minimum absolute atomic E-state index is 0.0470. The maximum absolute atomic E-state index is 14.6. The quantitative estimate of drug-likeness (QED) is 0.334. The van der Waals surface area contributed by atoms with Crippen LogP contribution in [-0.4, -0.2) is 13.0 Å². The summed E-state index contributed by atoms with van der Waals surface area (Å²) in [5.74, 6) is -3.73. The van der Waals surface area contributed by atoms with Crippen LogP contribution in [0, 0.1) is 17.6 Å². The maximum atomic E-state index is 14.6. The van der Waals surface area contributed by atoms with Crippen molar-refractivity contribution < 1.29 is 53.7 Å². The van der Waals surface area contributed by atoms with Crippen LogP contribution in [0.15, 0.2) is 36.4 Å². The second-order valence-electron chi connectivity index (χ2n) is 8.12. The normalized spacial score (nSPS) is 19.6. The van der Waals surface area contributed by atoms with Crippen LogP contribution in [0.1, 0.15) is 55.4 Å². The van der Waals surface area contributed by atoms with E-state index < -0.39 is 53.2 Å². The number of alkyl halides is 7. The molecule has 2 atom stereocenters. The Balaban J connectivity index is 1.75. The van der Waals surface area contributed by atoms with Gasteiger partial charge in [-0.3, -0.25) is 0 Å². The second-order valence-corrected chi connectivity index (χ2v) is 8.12. The van der Waals surface area contributed by atoms with Gasteiger partial charge in [-0.1, -0.05) is 13.3 Å². The number of rotatable bonds is 8. The second kappa shape index (κ2) is 10.3. The molecule has 12 heteroatoms. The minimum Gasteiger partial charge on any atom is -0.429 e. The molecule has 0 radical (unpaired) electrons. The van der Waals surface area contributed by atoms with E-state index in [0.29, 0.717) is 43.2 Å². The van der Waals surface area contributed by atoms with E-state index in [1.54, 1.807) is 0 Å². The Bertz CT molecular complexity index is 975. The molecule has 1 saturated heterocycles. The molecule has 3 nitrogen and oxygen atoms in total. The Morgan fingerprint density at radius 2 is 1.49 bits per heavy atom. The largest absolute Gasteiger partial charge is 0.527 e. The Morgan fingerprint density at radius 3 is 1.97 bits per heavy atom. The highest BCUT2D eigenvalue weighted by atomic mass is 19.4. The summed E-state index contributed by atoms with van der Waals surface area (Å²) in [7, 11) is 0. The summed E-state index contributed by atoms with van der Waals surface area (Å²) in [6.07, 6.45) is -12.6. The van der Waals surface area contributed by atoms with Gasteiger partial charge in [0.15, 0.2) is 0 Å². The van der Waals surface area contributed by atoms with E-state index >= 15 is 0 Å². The van der Waals surface area contributed by atoms with Gasteiger partial charge < -0.3 is 9.47 Å². The van der Waals surface area contributed by atoms with Crippen molar-refractivity contribution >= 4 is 0 Å². The zero-order valence-corrected chi connectivity index (χ0v) is 18.3. The molecule has 0 bridgehead atoms. The van der Waals surface area contributed by atoms with Gasteiger partial charge >= 0.3 is 18.6 Å². The zero-order valence-electron chi connectivity index (χ0n) is 18.3. The van der Waals surface area contributed by atoms with E-state index in [0.717, 1.165) is 31.4 Å². The van der Waals surface area contributed by atoms with Crippen LogP contribution in [0.25, 0.3) is 0 Å². The summed E-state index contributed by atoms with van der Waals surface area (Å²) in [5.41, 5.74) is -2.97. The van der Waals surface area contributed by atoms with Gasteiger partial charge in [0.05, 0.1) is 18.3 Å². The molecular weight excluding hydrogens is 495 g/mol. The molecule has 1 heterocycles. The third kappa shape index (κ3) is 6.81. The number of hydrogen-bond acceptors (Lipinski definition) is 3. The SMILES string of the molecule is CCCC1CCC(c2cc(F)c(C(F)(F)Oc3ccc(C(F)(F)OC(F)(F)F)cc3)c(F)c2)OC1. The number of halogens is 9. The fraction of sp³-hybridized carbons (Fsp3) is 0.478. The summed E-state index contributed by atoms with van der Waals surface area (Å²) in [5, 5.41) is 0. The van der Waals surface area contributed by atoms with Crippen molar-refractivity contribution in [2.75, 3.05) is 6.61 Å². The molecule has 0 saturated carbocycles. The van der Waals surface area contributed by atoms with Crippen molar-refractivity contribution in [1.82, 2.24) is 0 Å². The maximum Gasteiger partial charge on any atom is 0.527 e. The van der Waals surface area contributed by atoms with Gasteiger partial charge in [0, 0.05) is 0 Å². The van der Waals surface area contributed by atoms with E-state index in [2.05, 4.69) is 9.47 Å². The zero-order chi connectivity index (χ0) is 26.0. The van der Waals surface area contributed by atoms with Gasteiger partial charge in [0.2, 0.25) is 0 Å². The molecule has 0 N–H and O–H groups in total. The molecular formula is C23H21F9O3.